The zero-order chi connectivity index (χ0) is 11.5. The third-order valence-corrected chi connectivity index (χ3v) is 3.15. The topological polar surface area (TPSA) is 53.1 Å². The summed E-state index contributed by atoms with van der Waals surface area (Å²) in [6.07, 6.45) is 0. The quantitative estimate of drug-likeness (QED) is 0.811. The number of hydrogen-bond donors (Lipinski definition) is 2. The lowest BCUT2D eigenvalue weighted by Crippen LogP contribution is -2.44. The van der Waals surface area contributed by atoms with Crippen LogP contribution in [0.1, 0.15) is 0 Å². The van der Waals surface area contributed by atoms with Crippen LogP contribution in [-0.4, -0.2) is 43.2 Å². The molecule has 2 heterocycles. The molecule has 0 aromatic carbocycles. The number of nitrogens with zero attached hydrogens (tertiary/aromatic N) is 3. The van der Waals surface area contributed by atoms with Crippen molar-refractivity contribution < 1.29 is 0 Å². The van der Waals surface area contributed by atoms with E-state index >= 15 is 0 Å². The summed E-state index contributed by atoms with van der Waals surface area (Å²) in [5.41, 5.74) is 0. The lowest BCUT2D eigenvalue weighted by molar-refractivity contribution is 0.585. The van der Waals surface area contributed by atoms with Crippen molar-refractivity contribution in [2.24, 2.45) is 0 Å². The van der Waals surface area contributed by atoms with E-state index in [1.807, 2.05) is 0 Å². The monoisotopic (exact) mass is 333 g/mol. The maximum atomic E-state index is 6.11. The van der Waals surface area contributed by atoms with Gasteiger partial charge >= 0.3 is 0 Å². The Balaban J connectivity index is 0.00000144. The molecule has 0 amide bonds. The van der Waals surface area contributed by atoms with Crippen molar-refractivity contribution in [1.82, 2.24) is 15.3 Å². The van der Waals surface area contributed by atoms with Crippen LogP contribution in [0.3, 0.4) is 0 Å². The summed E-state index contributed by atoms with van der Waals surface area (Å²) < 4.78 is 0. The molecule has 1 aromatic heterocycles. The maximum absolute atomic E-state index is 6.11. The first kappa shape index (κ1) is 17.8. The van der Waals surface area contributed by atoms with E-state index in [-0.39, 0.29) is 30.0 Å². The second kappa shape index (κ2) is 8.07. The predicted molar refractivity (Wildman–Crippen MR) is 81.2 cm³/mol. The summed E-state index contributed by atoms with van der Waals surface area (Å²) in [7, 11) is 1.75. The minimum atomic E-state index is 0. The van der Waals surface area contributed by atoms with Gasteiger partial charge in [0.1, 0.15) is 5.02 Å². The van der Waals surface area contributed by atoms with Crippen molar-refractivity contribution in [3.63, 3.8) is 0 Å². The molecule has 18 heavy (non-hydrogen) atoms. The molecule has 2 N–H and O–H groups in total. The fraction of sp³-hybridized carbons (Fsp3) is 0.556. The molecule has 0 unspecified atom stereocenters. The van der Waals surface area contributed by atoms with Crippen LogP contribution < -0.4 is 15.5 Å². The Hall–Kier alpha value is -0.200. The molecule has 1 saturated heterocycles. The Kier molecular flexibility index (Phi) is 7.98. The molecule has 1 fully saturated rings. The highest BCUT2D eigenvalue weighted by Gasteiger charge is 2.18. The Morgan fingerprint density at radius 3 is 2.33 bits per heavy atom. The number of rotatable bonds is 2. The van der Waals surface area contributed by atoms with Gasteiger partial charge in [0.25, 0.3) is 0 Å². The first-order valence-electron chi connectivity index (χ1n) is 5.09. The SMILES string of the molecule is CNc1nc(Cl)c(Cl)c(N2CCNCC2)n1.Cl.Cl. The van der Waals surface area contributed by atoms with Gasteiger partial charge in [-0.2, -0.15) is 9.97 Å². The molecule has 9 heteroatoms. The summed E-state index contributed by atoms with van der Waals surface area (Å²) in [6, 6.07) is 0. The zero-order valence-corrected chi connectivity index (χ0v) is 12.9. The summed E-state index contributed by atoms with van der Waals surface area (Å²) in [4.78, 5) is 10.5. The average molecular weight is 335 g/mol. The van der Waals surface area contributed by atoms with Crippen molar-refractivity contribution in [1.29, 1.82) is 0 Å². The molecule has 0 spiro atoms. The van der Waals surface area contributed by atoms with Crippen molar-refractivity contribution in [3.8, 4) is 0 Å². The number of anilines is 2. The Labute approximate surface area is 128 Å². The number of halogens is 4. The van der Waals surface area contributed by atoms with E-state index in [1.165, 1.54) is 0 Å². The molecule has 1 aliphatic heterocycles. The van der Waals surface area contributed by atoms with E-state index in [4.69, 9.17) is 23.2 Å². The van der Waals surface area contributed by atoms with E-state index in [0.717, 1.165) is 26.2 Å². The minimum Gasteiger partial charge on any atom is -0.357 e. The molecule has 0 aliphatic carbocycles. The van der Waals surface area contributed by atoms with Gasteiger partial charge in [-0.25, -0.2) is 0 Å². The number of nitrogens with one attached hydrogen (secondary N) is 2. The fourth-order valence-electron chi connectivity index (χ4n) is 1.61. The fourth-order valence-corrected chi connectivity index (χ4v) is 1.98. The molecular weight excluding hydrogens is 320 g/mol. The molecule has 0 bridgehead atoms. The summed E-state index contributed by atoms with van der Waals surface area (Å²) in [5, 5.41) is 6.84. The average Bonchev–Trinajstić information content (AvgIpc) is 2.33. The van der Waals surface area contributed by atoms with Gasteiger partial charge in [0.05, 0.1) is 0 Å². The van der Waals surface area contributed by atoms with Crippen molar-refractivity contribution in [2.75, 3.05) is 43.4 Å². The van der Waals surface area contributed by atoms with Gasteiger partial charge in [-0.3, -0.25) is 0 Å². The third kappa shape index (κ3) is 3.90. The molecule has 0 radical (unpaired) electrons. The smallest absolute Gasteiger partial charge is 0.225 e. The highest BCUT2D eigenvalue weighted by molar-refractivity contribution is 6.42. The molecule has 1 aliphatic rings. The van der Waals surface area contributed by atoms with E-state index < -0.39 is 0 Å². The number of piperazine rings is 1. The van der Waals surface area contributed by atoms with E-state index in [2.05, 4.69) is 25.5 Å². The Bertz CT molecular complexity index is 383. The van der Waals surface area contributed by atoms with Crippen LogP contribution in [0.2, 0.25) is 10.2 Å². The summed E-state index contributed by atoms with van der Waals surface area (Å²) in [6.45, 7) is 3.59. The molecule has 2 rings (SSSR count). The van der Waals surface area contributed by atoms with E-state index in [0.29, 0.717) is 16.8 Å². The van der Waals surface area contributed by atoms with Crippen LogP contribution in [0.4, 0.5) is 11.8 Å². The van der Waals surface area contributed by atoms with Gasteiger partial charge in [-0.15, -0.1) is 24.8 Å². The van der Waals surface area contributed by atoms with E-state index in [1.54, 1.807) is 7.05 Å². The van der Waals surface area contributed by atoms with Gasteiger partial charge < -0.3 is 15.5 Å². The van der Waals surface area contributed by atoms with Crippen molar-refractivity contribution in [3.05, 3.63) is 10.2 Å². The molecule has 104 valence electrons. The normalized spacial score (nSPS) is 14.5. The second-order valence-corrected chi connectivity index (χ2v) is 4.20. The third-order valence-electron chi connectivity index (χ3n) is 2.43. The van der Waals surface area contributed by atoms with Crippen LogP contribution in [-0.2, 0) is 0 Å². The lowest BCUT2D eigenvalue weighted by Gasteiger charge is -2.29. The highest BCUT2D eigenvalue weighted by Crippen LogP contribution is 2.30. The Morgan fingerprint density at radius 1 is 1.17 bits per heavy atom. The molecule has 5 nitrogen and oxygen atoms in total. The predicted octanol–water partition coefficient (Wildman–Crippen LogP) is 2.08. The van der Waals surface area contributed by atoms with Crippen molar-refractivity contribution in [2.45, 2.75) is 0 Å². The van der Waals surface area contributed by atoms with Gasteiger partial charge in [0, 0.05) is 33.2 Å². The van der Waals surface area contributed by atoms with Gasteiger partial charge in [-0.05, 0) is 0 Å². The molecule has 0 atom stereocenters. The minimum absolute atomic E-state index is 0. The maximum Gasteiger partial charge on any atom is 0.225 e. The largest absolute Gasteiger partial charge is 0.357 e. The first-order chi connectivity index (χ1) is 7.72. The van der Waals surface area contributed by atoms with Crippen LogP contribution in [0.15, 0.2) is 0 Å². The van der Waals surface area contributed by atoms with Gasteiger partial charge in [0.2, 0.25) is 5.95 Å². The molecular formula is C9H15Cl4N5. The van der Waals surface area contributed by atoms with Crippen LogP contribution >= 0.6 is 48.0 Å². The van der Waals surface area contributed by atoms with Crippen LogP contribution in [0, 0.1) is 0 Å². The highest BCUT2D eigenvalue weighted by atomic mass is 35.5. The van der Waals surface area contributed by atoms with Crippen LogP contribution in [0.25, 0.3) is 0 Å². The zero-order valence-electron chi connectivity index (χ0n) is 9.74. The molecule has 0 saturated carbocycles. The lowest BCUT2D eigenvalue weighted by atomic mass is 10.3. The van der Waals surface area contributed by atoms with Gasteiger partial charge in [-0.1, -0.05) is 23.2 Å². The summed E-state index contributed by atoms with van der Waals surface area (Å²) >= 11 is 12.1. The Morgan fingerprint density at radius 2 is 1.78 bits per heavy atom. The summed E-state index contributed by atoms with van der Waals surface area (Å²) in [5.74, 6) is 1.19. The van der Waals surface area contributed by atoms with Gasteiger partial charge in [0.15, 0.2) is 11.0 Å². The number of hydrogen-bond acceptors (Lipinski definition) is 5. The van der Waals surface area contributed by atoms with E-state index in [9.17, 15) is 0 Å². The number of aromatic nitrogens is 2. The standard InChI is InChI=1S/C9H13Cl2N5.2ClH/c1-12-9-14-7(11)6(10)8(15-9)16-4-2-13-3-5-16;;/h13H,2-5H2,1H3,(H,12,14,15);2*1H. The van der Waals surface area contributed by atoms with Crippen molar-refractivity contribution >= 4 is 59.8 Å². The molecule has 1 aromatic rings. The second-order valence-electron chi connectivity index (χ2n) is 3.46. The van der Waals surface area contributed by atoms with Crippen LogP contribution in [0.5, 0.6) is 0 Å². The first-order valence-corrected chi connectivity index (χ1v) is 5.84.